The van der Waals surface area contributed by atoms with Gasteiger partial charge in [-0.15, -0.1) is 0 Å². The Morgan fingerprint density at radius 1 is 1.29 bits per heavy atom. The maximum atomic E-state index is 11.9. The predicted molar refractivity (Wildman–Crippen MR) is 69.9 cm³/mol. The van der Waals surface area contributed by atoms with Crippen LogP contribution in [0.1, 0.15) is 0 Å². The lowest BCUT2D eigenvalue weighted by Crippen LogP contribution is -2.48. The molecule has 1 heterocycles. The minimum atomic E-state index is -0.143. The molecular weight excluding hydrogens is 261 g/mol. The highest BCUT2D eigenvalue weighted by Crippen LogP contribution is 2.29. The molecule has 1 saturated heterocycles. The summed E-state index contributed by atoms with van der Waals surface area (Å²) in [5.74, 6) is 0. The topological polar surface area (TPSA) is 44.4 Å². The van der Waals surface area contributed by atoms with Gasteiger partial charge in [-0.1, -0.05) is 29.3 Å². The molecule has 1 aliphatic rings. The number of hydrogen-bond acceptors (Lipinski definition) is 2. The fourth-order valence-electron chi connectivity index (χ4n) is 1.66. The Balaban J connectivity index is 2.04. The molecule has 0 unspecified atom stereocenters. The molecule has 1 aromatic carbocycles. The van der Waals surface area contributed by atoms with Gasteiger partial charge in [0.15, 0.2) is 0 Å². The minimum Gasteiger partial charge on any atom is -0.322 e. The second kappa shape index (κ2) is 5.58. The van der Waals surface area contributed by atoms with Crippen molar-refractivity contribution in [1.29, 1.82) is 0 Å². The molecule has 0 atom stereocenters. The Morgan fingerprint density at radius 3 is 2.71 bits per heavy atom. The Hall–Kier alpha value is -0.970. The molecule has 1 fully saturated rings. The van der Waals surface area contributed by atoms with Gasteiger partial charge in [-0.25, -0.2) is 4.79 Å². The van der Waals surface area contributed by atoms with Crippen LogP contribution in [-0.4, -0.2) is 37.1 Å². The first-order valence-electron chi connectivity index (χ1n) is 5.39. The van der Waals surface area contributed by atoms with E-state index in [9.17, 15) is 4.79 Å². The molecule has 0 aromatic heterocycles. The molecule has 1 aromatic rings. The van der Waals surface area contributed by atoms with Crippen LogP contribution in [-0.2, 0) is 0 Å². The first-order valence-corrected chi connectivity index (χ1v) is 6.15. The average molecular weight is 274 g/mol. The van der Waals surface area contributed by atoms with Gasteiger partial charge in [0.25, 0.3) is 0 Å². The number of halogens is 2. The number of nitrogens with one attached hydrogen (secondary N) is 2. The number of nitrogens with zero attached hydrogens (tertiary/aromatic N) is 1. The lowest BCUT2D eigenvalue weighted by atomic mass is 10.3. The summed E-state index contributed by atoms with van der Waals surface area (Å²) in [6.07, 6.45) is 0. The van der Waals surface area contributed by atoms with Crippen LogP contribution in [0.4, 0.5) is 10.5 Å². The van der Waals surface area contributed by atoms with Crippen LogP contribution in [0.5, 0.6) is 0 Å². The zero-order valence-electron chi connectivity index (χ0n) is 9.17. The Morgan fingerprint density at radius 2 is 2.00 bits per heavy atom. The Kier molecular flexibility index (Phi) is 4.10. The summed E-state index contributed by atoms with van der Waals surface area (Å²) >= 11 is 11.9. The molecule has 4 nitrogen and oxygen atoms in total. The number of benzene rings is 1. The van der Waals surface area contributed by atoms with E-state index in [1.807, 2.05) is 0 Å². The van der Waals surface area contributed by atoms with E-state index in [0.29, 0.717) is 28.8 Å². The van der Waals surface area contributed by atoms with Crippen molar-refractivity contribution in [3.63, 3.8) is 0 Å². The molecule has 2 rings (SSSR count). The maximum Gasteiger partial charge on any atom is 0.321 e. The van der Waals surface area contributed by atoms with Crippen LogP contribution in [0.25, 0.3) is 0 Å². The van der Waals surface area contributed by atoms with Crippen LogP contribution in [0.3, 0.4) is 0 Å². The van der Waals surface area contributed by atoms with Crippen LogP contribution < -0.4 is 10.6 Å². The zero-order valence-corrected chi connectivity index (χ0v) is 10.7. The quantitative estimate of drug-likeness (QED) is 0.826. The van der Waals surface area contributed by atoms with Crippen molar-refractivity contribution in [2.24, 2.45) is 0 Å². The summed E-state index contributed by atoms with van der Waals surface area (Å²) in [5, 5.41) is 6.76. The summed E-state index contributed by atoms with van der Waals surface area (Å²) in [6.45, 7) is 3.03. The second-order valence-corrected chi connectivity index (χ2v) is 4.55. The molecule has 2 amide bonds. The van der Waals surface area contributed by atoms with Gasteiger partial charge in [0, 0.05) is 26.2 Å². The van der Waals surface area contributed by atoms with Gasteiger partial charge < -0.3 is 15.5 Å². The van der Waals surface area contributed by atoms with E-state index < -0.39 is 0 Å². The minimum absolute atomic E-state index is 0.143. The highest BCUT2D eigenvalue weighted by atomic mass is 35.5. The van der Waals surface area contributed by atoms with Crippen molar-refractivity contribution < 1.29 is 4.79 Å². The van der Waals surface area contributed by atoms with Crippen molar-refractivity contribution in [2.45, 2.75) is 0 Å². The highest BCUT2D eigenvalue weighted by Gasteiger charge is 2.17. The van der Waals surface area contributed by atoms with Gasteiger partial charge in [0.05, 0.1) is 15.7 Å². The molecule has 6 heteroatoms. The normalized spacial score (nSPS) is 15.8. The SMILES string of the molecule is O=C(Nc1cccc(Cl)c1Cl)N1CCNCC1. The number of carbonyl (C=O) groups is 1. The number of piperazine rings is 1. The summed E-state index contributed by atoms with van der Waals surface area (Å²) in [7, 11) is 0. The first-order chi connectivity index (χ1) is 8.18. The third-order valence-electron chi connectivity index (χ3n) is 2.60. The number of amides is 2. The van der Waals surface area contributed by atoms with E-state index in [1.54, 1.807) is 23.1 Å². The van der Waals surface area contributed by atoms with Crippen molar-refractivity contribution in [3.05, 3.63) is 28.2 Å². The van der Waals surface area contributed by atoms with Gasteiger partial charge in [-0.2, -0.15) is 0 Å². The van der Waals surface area contributed by atoms with Crippen LogP contribution in [0, 0.1) is 0 Å². The Bertz CT molecular complexity index is 419. The summed E-state index contributed by atoms with van der Waals surface area (Å²) in [6, 6.07) is 5.02. The Labute approximate surface area is 110 Å². The van der Waals surface area contributed by atoms with Gasteiger partial charge in [0.1, 0.15) is 0 Å². The summed E-state index contributed by atoms with van der Waals surface area (Å²) in [4.78, 5) is 13.7. The molecule has 0 aliphatic carbocycles. The number of rotatable bonds is 1. The van der Waals surface area contributed by atoms with E-state index in [1.165, 1.54) is 0 Å². The lowest BCUT2D eigenvalue weighted by molar-refractivity contribution is 0.204. The van der Waals surface area contributed by atoms with E-state index in [-0.39, 0.29) is 6.03 Å². The van der Waals surface area contributed by atoms with Crippen molar-refractivity contribution in [3.8, 4) is 0 Å². The van der Waals surface area contributed by atoms with Gasteiger partial charge in [-0.05, 0) is 12.1 Å². The molecule has 0 bridgehead atoms. The third kappa shape index (κ3) is 3.03. The van der Waals surface area contributed by atoms with Gasteiger partial charge in [-0.3, -0.25) is 0 Å². The smallest absolute Gasteiger partial charge is 0.321 e. The zero-order chi connectivity index (χ0) is 12.3. The summed E-state index contributed by atoms with van der Waals surface area (Å²) in [5.41, 5.74) is 0.544. The monoisotopic (exact) mass is 273 g/mol. The van der Waals surface area contributed by atoms with E-state index in [0.717, 1.165) is 13.1 Å². The lowest BCUT2D eigenvalue weighted by Gasteiger charge is -2.27. The number of hydrogen-bond donors (Lipinski definition) is 2. The van der Waals surface area contributed by atoms with Crippen LogP contribution in [0.2, 0.25) is 10.0 Å². The molecule has 2 N–H and O–H groups in total. The first kappa shape index (κ1) is 12.5. The molecule has 0 spiro atoms. The standard InChI is InChI=1S/C11H13Cl2N3O/c12-8-2-1-3-9(10(8)13)15-11(17)16-6-4-14-5-7-16/h1-3,14H,4-7H2,(H,15,17). The van der Waals surface area contributed by atoms with Crippen LogP contribution >= 0.6 is 23.2 Å². The fourth-order valence-corrected chi connectivity index (χ4v) is 2.01. The van der Waals surface area contributed by atoms with Gasteiger partial charge >= 0.3 is 6.03 Å². The van der Waals surface area contributed by atoms with Crippen LogP contribution in [0.15, 0.2) is 18.2 Å². The van der Waals surface area contributed by atoms with Crippen molar-refractivity contribution in [2.75, 3.05) is 31.5 Å². The molecular formula is C11H13Cl2N3O. The maximum absolute atomic E-state index is 11.9. The number of urea groups is 1. The molecule has 17 heavy (non-hydrogen) atoms. The molecule has 1 aliphatic heterocycles. The number of anilines is 1. The predicted octanol–water partition coefficient (Wildman–Crippen LogP) is 2.43. The highest BCUT2D eigenvalue weighted by molar-refractivity contribution is 6.43. The fraction of sp³-hybridized carbons (Fsp3) is 0.364. The molecule has 92 valence electrons. The molecule has 0 saturated carbocycles. The average Bonchev–Trinajstić information content (AvgIpc) is 2.36. The second-order valence-electron chi connectivity index (χ2n) is 3.77. The van der Waals surface area contributed by atoms with Crippen molar-refractivity contribution in [1.82, 2.24) is 10.2 Å². The molecule has 0 radical (unpaired) electrons. The third-order valence-corrected chi connectivity index (χ3v) is 3.42. The van der Waals surface area contributed by atoms with Crippen molar-refractivity contribution >= 4 is 34.9 Å². The largest absolute Gasteiger partial charge is 0.322 e. The van der Waals surface area contributed by atoms with E-state index in [4.69, 9.17) is 23.2 Å². The van der Waals surface area contributed by atoms with E-state index in [2.05, 4.69) is 10.6 Å². The summed E-state index contributed by atoms with van der Waals surface area (Å²) < 4.78 is 0. The van der Waals surface area contributed by atoms with Gasteiger partial charge in [0.2, 0.25) is 0 Å². The van der Waals surface area contributed by atoms with E-state index >= 15 is 0 Å². The number of carbonyl (C=O) groups excluding carboxylic acids is 1.